The second-order valence-electron chi connectivity index (χ2n) is 7.80. The third kappa shape index (κ3) is 3.72. The van der Waals surface area contributed by atoms with Gasteiger partial charge in [-0.05, 0) is 55.2 Å². The predicted molar refractivity (Wildman–Crippen MR) is 112 cm³/mol. The third-order valence-corrected chi connectivity index (χ3v) is 5.50. The van der Waals surface area contributed by atoms with Crippen molar-refractivity contribution in [1.29, 1.82) is 0 Å². The van der Waals surface area contributed by atoms with Gasteiger partial charge >= 0.3 is 5.97 Å². The second-order valence-corrected chi connectivity index (χ2v) is 7.80. The maximum absolute atomic E-state index is 14.9. The van der Waals surface area contributed by atoms with Crippen LogP contribution in [0.1, 0.15) is 18.4 Å². The number of H-pyrrole nitrogens is 1. The van der Waals surface area contributed by atoms with Gasteiger partial charge in [-0.15, -0.1) is 0 Å². The number of aliphatic carboxylic acids is 1. The molecule has 4 aromatic rings. The number of hydrogen-bond donors (Lipinski definition) is 2. The first-order chi connectivity index (χ1) is 15.0. The first-order valence-electron chi connectivity index (χ1n) is 9.94. The van der Waals surface area contributed by atoms with Gasteiger partial charge in [0, 0.05) is 24.0 Å². The van der Waals surface area contributed by atoms with Gasteiger partial charge in [0.25, 0.3) is 0 Å². The highest BCUT2D eigenvalue weighted by atomic mass is 19.1. The van der Waals surface area contributed by atoms with Crippen LogP contribution in [-0.4, -0.2) is 37.1 Å². The molecule has 0 atom stereocenters. The van der Waals surface area contributed by atoms with Gasteiger partial charge < -0.3 is 14.8 Å². The fourth-order valence-electron chi connectivity index (χ4n) is 3.67. The molecule has 31 heavy (non-hydrogen) atoms. The molecule has 3 heterocycles. The van der Waals surface area contributed by atoms with Crippen molar-refractivity contribution >= 4 is 17.1 Å². The lowest BCUT2D eigenvalue weighted by atomic mass is 9.82. The van der Waals surface area contributed by atoms with Crippen LogP contribution in [0, 0.1) is 18.7 Å². The summed E-state index contributed by atoms with van der Waals surface area (Å²) in [6.45, 7) is 1.94. The van der Waals surface area contributed by atoms with E-state index in [9.17, 15) is 9.18 Å². The summed E-state index contributed by atoms with van der Waals surface area (Å²) in [5.41, 5.74) is 4.10. The van der Waals surface area contributed by atoms with E-state index in [1.54, 1.807) is 30.6 Å². The van der Waals surface area contributed by atoms with Crippen molar-refractivity contribution in [1.82, 2.24) is 19.9 Å². The molecule has 0 aliphatic heterocycles. The number of pyridine rings is 2. The first-order valence-corrected chi connectivity index (χ1v) is 9.94. The monoisotopic (exact) mass is 418 g/mol. The molecule has 7 nitrogen and oxygen atoms in total. The molecule has 1 aliphatic rings. The molecule has 3 aromatic heterocycles. The highest BCUT2D eigenvalue weighted by Crippen LogP contribution is 2.32. The number of imidazole rings is 1. The summed E-state index contributed by atoms with van der Waals surface area (Å²) >= 11 is 0. The fourth-order valence-corrected chi connectivity index (χ4v) is 3.67. The number of aromatic nitrogens is 4. The Hall–Kier alpha value is -3.81. The van der Waals surface area contributed by atoms with E-state index in [1.165, 1.54) is 6.07 Å². The summed E-state index contributed by atoms with van der Waals surface area (Å²) in [5, 5.41) is 8.93. The summed E-state index contributed by atoms with van der Waals surface area (Å²) in [6.07, 6.45) is 4.19. The van der Waals surface area contributed by atoms with Gasteiger partial charge in [0.1, 0.15) is 17.7 Å². The van der Waals surface area contributed by atoms with Gasteiger partial charge in [-0.2, -0.15) is 0 Å². The number of aryl methyl sites for hydroxylation is 1. The molecule has 0 saturated heterocycles. The van der Waals surface area contributed by atoms with Crippen LogP contribution in [0.3, 0.4) is 0 Å². The lowest BCUT2D eigenvalue weighted by Crippen LogP contribution is -2.38. The molecular weight excluding hydrogens is 399 g/mol. The largest absolute Gasteiger partial charge is 0.481 e. The summed E-state index contributed by atoms with van der Waals surface area (Å²) in [7, 11) is 0. The smallest absolute Gasteiger partial charge is 0.306 e. The predicted octanol–water partition coefficient (Wildman–Crippen LogP) is 4.38. The number of benzene rings is 1. The van der Waals surface area contributed by atoms with Crippen molar-refractivity contribution in [2.24, 2.45) is 5.92 Å². The van der Waals surface area contributed by atoms with Crippen molar-refractivity contribution < 1.29 is 19.0 Å². The molecule has 1 aromatic carbocycles. The standard InChI is InChI=1S/C23H19FN4O3/c1-12-6-19-22(26-10-12)28-21(27-19)17-4-2-13(9-18(17)24)14-3-5-20(25-11-14)31-16-7-15(8-16)23(29)30/h2-6,9-11,15-16H,7-8H2,1H3,(H,29,30)(H,26,27,28). The number of aromatic amines is 1. The molecule has 1 aliphatic carbocycles. The number of nitrogens with zero attached hydrogens (tertiary/aromatic N) is 3. The molecule has 1 saturated carbocycles. The molecule has 0 radical (unpaired) electrons. The van der Waals surface area contributed by atoms with E-state index in [0.29, 0.717) is 41.3 Å². The highest BCUT2D eigenvalue weighted by Gasteiger charge is 2.36. The Bertz CT molecular complexity index is 1280. The van der Waals surface area contributed by atoms with E-state index < -0.39 is 11.8 Å². The van der Waals surface area contributed by atoms with Gasteiger partial charge in [0.15, 0.2) is 5.65 Å². The Morgan fingerprint density at radius 2 is 1.94 bits per heavy atom. The van der Waals surface area contributed by atoms with Gasteiger partial charge in [-0.3, -0.25) is 4.79 Å². The summed E-state index contributed by atoms with van der Waals surface area (Å²) in [4.78, 5) is 26.9. The number of carboxylic acid groups (broad SMARTS) is 1. The molecular formula is C23H19FN4O3. The Kier molecular flexibility index (Phi) is 4.62. The van der Waals surface area contributed by atoms with Gasteiger partial charge in [-0.25, -0.2) is 19.3 Å². The number of fused-ring (bicyclic) bond motifs is 1. The van der Waals surface area contributed by atoms with Crippen molar-refractivity contribution in [3.05, 3.63) is 60.2 Å². The van der Waals surface area contributed by atoms with Gasteiger partial charge in [0.2, 0.25) is 5.88 Å². The Balaban J connectivity index is 1.33. The minimum absolute atomic E-state index is 0.127. The molecule has 5 rings (SSSR count). The topological polar surface area (TPSA) is 101 Å². The minimum atomic E-state index is -0.789. The number of rotatable bonds is 5. The maximum atomic E-state index is 14.9. The van der Waals surface area contributed by atoms with Crippen LogP contribution < -0.4 is 4.74 Å². The van der Waals surface area contributed by atoms with Crippen LogP contribution in [0.25, 0.3) is 33.7 Å². The lowest BCUT2D eigenvalue weighted by Gasteiger charge is -2.31. The number of nitrogens with one attached hydrogen (secondary N) is 1. The molecule has 2 N–H and O–H groups in total. The van der Waals surface area contributed by atoms with E-state index in [4.69, 9.17) is 9.84 Å². The van der Waals surface area contributed by atoms with Crippen LogP contribution in [0.15, 0.2) is 48.8 Å². The van der Waals surface area contributed by atoms with E-state index in [1.807, 2.05) is 19.1 Å². The highest BCUT2D eigenvalue weighted by molar-refractivity contribution is 5.77. The van der Waals surface area contributed by atoms with Crippen LogP contribution >= 0.6 is 0 Å². The van der Waals surface area contributed by atoms with Crippen LogP contribution in [0.5, 0.6) is 5.88 Å². The fraction of sp³-hybridized carbons (Fsp3) is 0.217. The number of carboxylic acids is 1. The molecule has 1 fully saturated rings. The average Bonchev–Trinajstić information content (AvgIpc) is 3.13. The van der Waals surface area contributed by atoms with E-state index >= 15 is 0 Å². The number of ether oxygens (including phenoxy) is 1. The van der Waals surface area contributed by atoms with Crippen LogP contribution in [0.4, 0.5) is 4.39 Å². The normalized spacial score (nSPS) is 18.0. The molecule has 0 bridgehead atoms. The van der Waals surface area contributed by atoms with Crippen molar-refractivity contribution in [2.45, 2.75) is 25.9 Å². The summed E-state index contributed by atoms with van der Waals surface area (Å²) in [6, 6.07) is 10.4. The average molecular weight is 418 g/mol. The van der Waals surface area contributed by atoms with E-state index in [0.717, 1.165) is 16.6 Å². The zero-order valence-electron chi connectivity index (χ0n) is 16.7. The number of halogens is 1. The van der Waals surface area contributed by atoms with Crippen LogP contribution in [0.2, 0.25) is 0 Å². The van der Waals surface area contributed by atoms with Crippen molar-refractivity contribution in [3.63, 3.8) is 0 Å². The Morgan fingerprint density at radius 1 is 1.13 bits per heavy atom. The number of carbonyl (C=O) groups is 1. The Morgan fingerprint density at radius 3 is 2.65 bits per heavy atom. The second kappa shape index (κ2) is 7.46. The molecule has 0 amide bonds. The molecule has 0 spiro atoms. The zero-order chi connectivity index (χ0) is 21.5. The number of hydrogen-bond acceptors (Lipinski definition) is 5. The molecule has 156 valence electrons. The van der Waals surface area contributed by atoms with E-state index in [-0.39, 0.29) is 12.0 Å². The molecule has 0 unspecified atom stereocenters. The Labute approximate surface area is 177 Å². The quantitative estimate of drug-likeness (QED) is 0.499. The SMILES string of the molecule is Cc1cnc2nc(-c3ccc(-c4ccc(OC5CC(C(=O)O)C5)nc4)cc3F)[nH]c2c1. The summed E-state index contributed by atoms with van der Waals surface area (Å²) < 4.78 is 20.6. The zero-order valence-corrected chi connectivity index (χ0v) is 16.7. The van der Waals surface area contributed by atoms with Gasteiger partial charge in [0.05, 0.1) is 17.0 Å². The summed E-state index contributed by atoms with van der Waals surface area (Å²) in [5.74, 6) is -0.665. The maximum Gasteiger partial charge on any atom is 0.306 e. The van der Waals surface area contributed by atoms with Crippen molar-refractivity contribution in [2.75, 3.05) is 0 Å². The minimum Gasteiger partial charge on any atom is -0.481 e. The lowest BCUT2D eigenvalue weighted by molar-refractivity contribution is -0.148. The third-order valence-electron chi connectivity index (χ3n) is 5.50. The van der Waals surface area contributed by atoms with Gasteiger partial charge in [-0.1, -0.05) is 6.07 Å². The van der Waals surface area contributed by atoms with Crippen LogP contribution in [-0.2, 0) is 4.79 Å². The first kappa shape index (κ1) is 19.2. The van der Waals surface area contributed by atoms with Crippen molar-refractivity contribution in [3.8, 4) is 28.4 Å². The van der Waals surface area contributed by atoms with E-state index in [2.05, 4.69) is 19.9 Å². The molecule has 8 heteroatoms.